The Morgan fingerprint density at radius 3 is 2.40 bits per heavy atom. The molecular weight excluding hydrogens is 218 g/mol. The fourth-order valence-electron chi connectivity index (χ4n) is 1.56. The molecule has 1 aliphatic carbocycles. The van der Waals surface area contributed by atoms with E-state index in [1.54, 1.807) is 0 Å². The summed E-state index contributed by atoms with van der Waals surface area (Å²) in [4.78, 5) is 11.4. The van der Waals surface area contributed by atoms with Crippen LogP contribution in [0.25, 0.3) is 0 Å². The molecule has 1 rings (SSSR count). The predicted octanol–water partition coefficient (Wildman–Crippen LogP) is -0.548. The maximum Gasteiger partial charge on any atom is 0.221 e. The molecular formula is C9H17NO4S. The van der Waals surface area contributed by atoms with Gasteiger partial charge in [-0.3, -0.25) is 4.79 Å². The summed E-state index contributed by atoms with van der Waals surface area (Å²) in [5, 5.41) is 11.8. The van der Waals surface area contributed by atoms with E-state index in [4.69, 9.17) is 5.11 Å². The topological polar surface area (TPSA) is 83.5 Å². The molecule has 0 radical (unpaired) electrons. The number of nitrogens with one attached hydrogen (secondary N) is 1. The van der Waals surface area contributed by atoms with Crippen LogP contribution in [0, 0.1) is 0 Å². The van der Waals surface area contributed by atoms with Gasteiger partial charge in [-0.05, 0) is 19.3 Å². The summed E-state index contributed by atoms with van der Waals surface area (Å²) in [6.07, 6.45) is 3.61. The van der Waals surface area contributed by atoms with Crippen molar-refractivity contribution in [3.8, 4) is 0 Å². The van der Waals surface area contributed by atoms with Gasteiger partial charge in [0, 0.05) is 12.7 Å². The number of carbonyl (C=O) groups is 1. The highest BCUT2D eigenvalue weighted by atomic mass is 32.2. The third-order valence-corrected chi connectivity index (χ3v) is 3.66. The maximum atomic E-state index is 11.4. The van der Waals surface area contributed by atoms with E-state index in [1.165, 1.54) is 0 Å². The smallest absolute Gasteiger partial charge is 0.221 e. The first-order valence-corrected chi connectivity index (χ1v) is 7.03. The van der Waals surface area contributed by atoms with Gasteiger partial charge in [0.05, 0.1) is 17.9 Å². The van der Waals surface area contributed by atoms with Crippen LogP contribution in [0.15, 0.2) is 0 Å². The van der Waals surface area contributed by atoms with Crippen molar-refractivity contribution in [2.45, 2.75) is 31.2 Å². The van der Waals surface area contributed by atoms with E-state index < -0.39 is 15.4 Å². The molecule has 1 saturated carbocycles. The number of aliphatic hydroxyl groups is 1. The van der Waals surface area contributed by atoms with Crippen LogP contribution < -0.4 is 5.32 Å². The van der Waals surface area contributed by atoms with Crippen LogP contribution in [0.1, 0.15) is 25.7 Å². The summed E-state index contributed by atoms with van der Waals surface area (Å²) >= 11 is 0. The Kier molecular flexibility index (Phi) is 3.72. The zero-order valence-corrected chi connectivity index (χ0v) is 9.64. The number of sulfone groups is 1. The van der Waals surface area contributed by atoms with Gasteiger partial charge in [-0.15, -0.1) is 0 Å². The number of carbonyl (C=O) groups excluding carboxylic acids is 1. The SMILES string of the molecule is CS(=O)(=O)CCC(=O)NC1(CO)CCC1. The Hall–Kier alpha value is -0.620. The molecule has 1 aliphatic rings. The Morgan fingerprint density at radius 2 is 2.07 bits per heavy atom. The van der Waals surface area contributed by atoms with Crippen molar-refractivity contribution in [3.05, 3.63) is 0 Å². The van der Waals surface area contributed by atoms with Crippen molar-refractivity contribution in [3.63, 3.8) is 0 Å². The van der Waals surface area contributed by atoms with E-state index in [1.807, 2.05) is 0 Å². The second kappa shape index (κ2) is 4.49. The van der Waals surface area contributed by atoms with Crippen LogP contribution >= 0.6 is 0 Å². The maximum absolute atomic E-state index is 11.4. The molecule has 2 N–H and O–H groups in total. The summed E-state index contributed by atoms with van der Waals surface area (Å²) in [6.45, 7) is -0.0718. The lowest BCUT2D eigenvalue weighted by Gasteiger charge is -2.40. The van der Waals surface area contributed by atoms with Gasteiger partial charge in [-0.2, -0.15) is 0 Å². The number of rotatable bonds is 5. The summed E-state index contributed by atoms with van der Waals surface area (Å²) in [5.41, 5.74) is -0.478. The molecule has 0 aliphatic heterocycles. The lowest BCUT2D eigenvalue weighted by atomic mass is 9.77. The summed E-state index contributed by atoms with van der Waals surface area (Å²) in [5.74, 6) is -0.436. The van der Waals surface area contributed by atoms with Gasteiger partial charge in [-0.25, -0.2) is 8.42 Å². The highest BCUT2D eigenvalue weighted by molar-refractivity contribution is 7.90. The normalized spacial score (nSPS) is 19.3. The van der Waals surface area contributed by atoms with E-state index in [0.29, 0.717) is 0 Å². The molecule has 0 aromatic heterocycles. The Balaban J connectivity index is 2.36. The number of amides is 1. The van der Waals surface area contributed by atoms with E-state index in [-0.39, 0.29) is 24.7 Å². The molecule has 1 fully saturated rings. The molecule has 0 saturated heterocycles. The van der Waals surface area contributed by atoms with Gasteiger partial charge < -0.3 is 10.4 Å². The van der Waals surface area contributed by atoms with Crippen molar-refractivity contribution < 1.29 is 18.3 Å². The largest absolute Gasteiger partial charge is 0.394 e. The van der Waals surface area contributed by atoms with Crippen molar-refractivity contribution >= 4 is 15.7 Å². The monoisotopic (exact) mass is 235 g/mol. The summed E-state index contributed by atoms with van der Waals surface area (Å²) < 4.78 is 21.6. The zero-order valence-electron chi connectivity index (χ0n) is 8.82. The summed E-state index contributed by atoms with van der Waals surface area (Å²) in [7, 11) is -3.09. The molecule has 0 spiro atoms. The molecule has 1 amide bonds. The van der Waals surface area contributed by atoms with Gasteiger partial charge in [0.2, 0.25) is 5.91 Å². The third kappa shape index (κ3) is 3.79. The van der Waals surface area contributed by atoms with Gasteiger partial charge in [-0.1, -0.05) is 0 Å². The minimum atomic E-state index is -3.09. The first-order valence-electron chi connectivity index (χ1n) is 4.96. The zero-order chi connectivity index (χ0) is 11.5. The van der Waals surface area contributed by atoms with E-state index in [9.17, 15) is 13.2 Å². The van der Waals surface area contributed by atoms with Crippen LogP contribution in [0.4, 0.5) is 0 Å². The average molecular weight is 235 g/mol. The molecule has 5 nitrogen and oxygen atoms in total. The lowest BCUT2D eigenvalue weighted by Crippen LogP contribution is -2.56. The van der Waals surface area contributed by atoms with Crippen LogP contribution in [-0.2, 0) is 14.6 Å². The van der Waals surface area contributed by atoms with Crippen LogP contribution in [0.5, 0.6) is 0 Å². The minimum absolute atomic E-state index is 0.0272. The van der Waals surface area contributed by atoms with Gasteiger partial charge in [0.1, 0.15) is 9.84 Å². The fourth-order valence-corrected chi connectivity index (χ4v) is 2.12. The minimum Gasteiger partial charge on any atom is -0.394 e. The molecule has 0 unspecified atom stereocenters. The number of hydrogen-bond donors (Lipinski definition) is 2. The summed E-state index contributed by atoms with van der Waals surface area (Å²) in [6, 6.07) is 0. The second-order valence-electron chi connectivity index (χ2n) is 4.22. The molecule has 0 atom stereocenters. The van der Waals surface area contributed by atoms with Gasteiger partial charge in [0.15, 0.2) is 0 Å². The average Bonchev–Trinajstić information content (AvgIpc) is 2.07. The van der Waals surface area contributed by atoms with E-state index in [2.05, 4.69) is 5.32 Å². The molecule has 0 aromatic carbocycles. The van der Waals surface area contributed by atoms with E-state index >= 15 is 0 Å². The van der Waals surface area contributed by atoms with Crippen LogP contribution in [0.2, 0.25) is 0 Å². The molecule has 88 valence electrons. The molecule has 6 heteroatoms. The van der Waals surface area contributed by atoms with Crippen molar-refractivity contribution in [2.75, 3.05) is 18.6 Å². The van der Waals surface area contributed by atoms with Crippen molar-refractivity contribution in [2.24, 2.45) is 0 Å². The van der Waals surface area contributed by atoms with Crippen molar-refractivity contribution in [1.82, 2.24) is 5.32 Å². The Bertz CT molecular complexity index is 327. The fraction of sp³-hybridized carbons (Fsp3) is 0.889. The predicted molar refractivity (Wildman–Crippen MR) is 56.1 cm³/mol. The Morgan fingerprint density at radius 1 is 1.47 bits per heavy atom. The molecule has 0 bridgehead atoms. The third-order valence-electron chi connectivity index (χ3n) is 2.72. The number of hydrogen-bond acceptors (Lipinski definition) is 4. The highest BCUT2D eigenvalue weighted by Crippen LogP contribution is 2.31. The molecule has 0 heterocycles. The highest BCUT2D eigenvalue weighted by Gasteiger charge is 2.37. The standard InChI is InChI=1S/C9H17NO4S/c1-15(13,14)6-3-8(12)10-9(7-11)4-2-5-9/h11H,2-7H2,1H3,(H,10,12). The first kappa shape index (κ1) is 12.4. The van der Waals surface area contributed by atoms with Gasteiger partial charge in [0.25, 0.3) is 0 Å². The van der Waals surface area contributed by atoms with Gasteiger partial charge >= 0.3 is 0 Å². The second-order valence-corrected chi connectivity index (χ2v) is 6.48. The van der Waals surface area contributed by atoms with Crippen LogP contribution in [-0.4, -0.2) is 43.6 Å². The van der Waals surface area contributed by atoms with E-state index in [0.717, 1.165) is 25.5 Å². The quantitative estimate of drug-likeness (QED) is 0.670. The van der Waals surface area contributed by atoms with Crippen molar-refractivity contribution in [1.29, 1.82) is 0 Å². The number of aliphatic hydroxyl groups excluding tert-OH is 1. The molecule has 0 aromatic rings. The first-order chi connectivity index (χ1) is 6.87. The Labute approximate surface area is 89.8 Å². The molecule has 15 heavy (non-hydrogen) atoms. The lowest BCUT2D eigenvalue weighted by molar-refractivity contribution is -0.124. The van der Waals surface area contributed by atoms with Crippen LogP contribution in [0.3, 0.4) is 0 Å².